The zero-order chi connectivity index (χ0) is 12.1. The van der Waals surface area contributed by atoms with Gasteiger partial charge in [0.05, 0.1) is 13.2 Å². The van der Waals surface area contributed by atoms with Gasteiger partial charge in [0.15, 0.2) is 0 Å². The van der Waals surface area contributed by atoms with Gasteiger partial charge < -0.3 is 20.8 Å². The molecule has 0 aliphatic rings. The van der Waals surface area contributed by atoms with E-state index in [9.17, 15) is 0 Å². The second-order valence-electron chi connectivity index (χ2n) is 3.24. The third kappa shape index (κ3) is 10.8. The lowest BCUT2D eigenvalue weighted by Gasteiger charge is -2.13. The zero-order valence-electron chi connectivity index (χ0n) is 10.6. The highest BCUT2D eigenvalue weighted by Crippen LogP contribution is 1.96. The van der Waals surface area contributed by atoms with E-state index in [0.717, 1.165) is 12.8 Å². The maximum atomic E-state index is 5.56. The summed E-state index contributed by atoms with van der Waals surface area (Å²) in [6, 6.07) is 0. The number of methoxy groups -OCH3 is 2. The van der Waals surface area contributed by atoms with Gasteiger partial charge in [0.2, 0.25) is 0 Å². The van der Waals surface area contributed by atoms with Gasteiger partial charge in [-0.05, 0) is 6.42 Å². The molecule has 0 radical (unpaired) electrons. The molecule has 0 amide bonds. The molecule has 16 heavy (non-hydrogen) atoms. The molecule has 6 heteroatoms. The molecule has 0 bridgehead atoms. The van der Waals surface area contributed by atoms with E-state index >= 15 is 0 Å². The van der Waals surface area contributed by atoms with Gasteiger partial charge in [-0.25, -0.2) is 0 Å². The second-order valence-corrected chi connectivity index (χ2v) is 4.82. The number of hydrogen-bond acceptors (Lipinski definition) is 5. The third-order valence-electron chi connectivity index (χ3n) is 1.83. The minimum Gasteiger partial charge on any atom is -0.454 e. The Kier molecular flexibility index (Phi) is 13.7. The SMILES string of the molecule is CCCC[O][Al]([O]CCOC)[O]CCOC. The molecule has 0 saturated carbocycles. The van der Waals surface area contributed by atoms with E-state index in [4.69, 9.17) is 20.8 Å². The lowest BCUT2D eigenvalue weighted by Crippen LogP contribution is -2.30. The summed E-state index contributed by atoms with van der Waals surface area (Å²) in [5.74, 6) is 0. The molecule has 0 spiro atoms. The quantitative estimate of drug-likeness (QED) is 0.383. The average molecular weight is 250 g/mol. The zero-order valence-corrected chi connectivity index (χ0v) is 11.7. The van der Waals surface area contributed by atoms with Crippen LogP contribution in [0.15, 0.2) is 0 Å². The summed E-state index contributed by atoms with van der Waals surface area (Å²) in [6.45, 7) is 4.99. The first-order valence-electron chi connectivity index (χ1n) is 5.67. The standard InChI is InChI=1S/C4H9O.2C3H7O2.Al/c1-2-3-4-5;2*1-5-3-2-4;/h2-4H2,1H3;2*2-3H2,1H3;/q3*-1;+3. The summed E-state index contributed by atoms with van der Waals surface area (Å²) >= 11 is -1.99. The maximum absolute atomic E-state index is 5.56. The minimum absolute atomic E-state index is 0.520. The summed E-state index contributed by atoms with van der Waals surface area (Å²) in [5, 5.41) is 0. The first kappa shape index (κ1) is 16.3. The fourth-order valence-corrected chi connectivity index (χ4v) is 2.15. The average Bonchev–Trinajstić information content (AvgIpc) is 2.29. The molecule has 0 N–H and O–H groups in total. The van der Waals surface area contributed by atoms with Crippen molar-refractivity contribution in [3.8, 4) is 0 Å². The van der Waals surface area contributed by atoms with Crippen molar-refractivity contribution >= 4 is 15.1 Å². The molecule has 0 aliphatic heterocycles. The molecule has 0 unspecified atom stereocenters. The third-order valence-corrected chi connectivity index (χ3v) is 3.36. The van der Waals surface area contributed by atoms with Gasteiger partial charge in [-0.15, -0.1) is 0 Å². The molecule has 0 fully saturated rings. The van der Waals surface area contributed by atoms with Crippen LogP contribution in [0.2, 0.25) is 0 Å². The van der Waals surface area contributed by atoms with Gasteiger partial charge in [-0.2, -0.15) is 0 Å². The second kappa shape index (κ2) is 13.4. The van der Waals surface area contributed by atoms with Gasteiger partial charge in [0.25, 0.3) is 0 Å². The molecule has 5 nitrogen and oxygen atoms in total. The smallest absolute Gasteiger partial charge is 0.454 e. The van der Waals surface area contributed by atoms with Gasteiger partial charge in [-0.1, -0.05) is 13.3 Å². The van der Waals surface area contributed by atoms with E-state index in [-0.39, 0.29) is 0 Å². The van der Waals surface area contributed by atoms with Crippen LogP contribution >= 0.6 is 0 Å². The Balaban J connectivity index is 3.58. The van der Waals surface area contributed by atoms with Crippen LogP contribution in [0.1, 0.15) is 19.8 Å². The molecule has 0 aromatic heterocycles. The van der Waals surface area contributed by atoms with Crippen LogP contribution in [0.5, 0.6) is 0 Å². The van der Waals surface area contributed by atoms with Crippen LogP contribution in [0, 0.1) is 0 Å². The molecular formula is C10H23AlO5. The topological polar surface area (TPSA) is 46.2 Å². The minimum atomic E-state index is -1.99. The van der Waals surface area contributed by atoms with Gasteiger partial charge >= 0.3 is 15.1 Å². The molecule has 0 aromatic rings. The van der Waals surface area contributed by atoms with Crippen molar-refractivity contribution in [2.24, 2.45) is 0 Å². The van der Waals surface area contributed by atoms with Crippen molar-refractivity contribution in [3.05, 3.63) is 0 Å². The summed E-state index contributed by atoms with van der Waals surface area (Å²) in [7, 11) is 3.29. The normalized spacial score (nSPS) is 10.7. The molecule has 0 aromatic carbocycles. The van der Waals surface area contributed by atoms with Crippen molar-refractivity contribution in [2.45, 2.75) is 19.8 Å². The van der Waals surface area contributed by atoms with E-state index < -0.39 is 15.1 Å². The maximum Gasteiger partial charge on any atom is 0.905 e. The number of hydrogen-bond donors (Lipinski definition) is 0. The Morgan fingerprint density at radius 3 is 1.69 bits per heavy atom. The van der Waals surface area contributed by atoms with Crippen LogP contribution in [0.3, 0.4) is 0 Å². The molecule has 0 aliphatic carbocycles. The fourth-order valence-electron chi connectivity index (χ4n) is 0.924. The van der Waals surface area contributed by atoms with Crippen LogP contribution in [0.25, 0.3) is 0 Å². The molecule has 0 heterocycles. The van der Waals surface area contributed by atoms with Crippen LogP contribution in [-0.2, 0) is 20.8 Å². The van der Waals surface area contributed by atoms with Gasteiger partial charge in [-0.3, -0.25) is 0 Å². The molecule has 0 saturated heterocycles. The highest BCUT2D eigenvalue weighted by Gasteiger charge is 2.30. The largest absolute Gasteiger partial charge is 0.905 e. The van der Waals surface area contributed by atoms with Gasteiger partial charge in [0, 0.05) is 34.0 Å². The molecule has 96 valence electrons. The van der Waals surface area contributed by atoms with E-state index in [2.05, 4.69) is 6.92 Å². The highest BCUT2D eigenvalue weighted by atomic mass is 27.3. The number of ether oxygens (including phenoxy) is 2. The Bertz CT molecular complexity index is 113. The van der Waals surface area contributed by atoms with E-state index in [1.807, 2.05) is 0 Å². The van der Waals surface area contributed by atoms with Crippen LogP contribution < -0.4 is 0 Å². The Morgan fingerprint density at radius 2 is 1.25 bits per heavy atom. The van der Waals surface area contributed by atoms with E-state index in [1.54, 1.807) is 14.2 Å². The Morgan fingerprint density at radius 1 is 0.750 bits per heavy atom. The highest BCUT2D eigenvalue weighted by molar-refractivity contribution is 6.36. The monoisotopic (exact) mass is 250 g/mol. The Labute approximate surface area is 103 Å². The lowest BCUT2D eigenvalue weighted by molar-refractivity contribution is 0.0498. The predicted molar refractivity (Wildman–Crippen MR) is 62.3 cm³/mol. The molecular weight excluding hydrogens is 227 g/mol. The van der Waals surface area contributed by atoms with Crippen molar-refractivity contribution in [3.63, 3.8) is 0 Å². The van der Waals surface area contributed by atoms with Crippen LogP contribution in [0.4, 0.5) is 0 Å². The summed E-state index contributed by atoms with van der Waals surface area (Å²) in [6.07, 6.45) is 2.14. The van der Waals surface area contributed by atoms with E-state index in [0.29, 0.717) is 33.0 Å². The first-order valence-corrected chi connectivity index (χ1v) is 7.09. The lowest BCUT2D eigenvalue weighted by atomic mass is 10.4. The number of unbranched alkanes of at least 4 members (excludes halogenated alkanes) is 1. The van der Waals surface area contributed by atoms with Gasteiger partial charge in [0.1, 0.15) is 0 Å². The summed E-state index contributed by atoms with van der Waals surface area (Å²) < 4.78 is 26.3. The summed E-state index contributed by atoms with van der Waals surface area (Å²) in [4.78, 5) is 0. The molecule has 0 rings (SSSR count). The van der Waals surface area contributed by atoms with Crippen LogP contribution in [-0.4, -0.2) is 62.4 Å². The van der Waals surface area contributed by atoms with Crippen molar-refractivity contribution < 1.29 is 20.8 Å². The van der Waals surface area contributed by atoms with Crippen molar-refractivity contribution in [1.82, 2.24) is 0 Å². The van der Waals surface area contributed by atoms with Crippen molar-refractivity contribution in [1.29, 1.82) is 0 Å². The van der Waals surface area contributed by atoms with E-state index in [1.165, 1.54) is 0 Å². The Hall–Kier alpha value is 0.332. The predicted octanol–water partition coefficient (Wildman–Crippen LogP) is 1.11. The number of rotatable bonds is 12. The molecule has 0 atom stereocenters. The first-order chi connectivity index (χ1) is 7.85. The van der Waals surface area contributed by atoms with Crippen molar-refractivity contribution in [2.75, 3.05) is 47.3 Å². The fraction of sp³-hybridized carbons (Fsp3) is 1.00. The summed E-state index contributed by atoms with van der Waals surface area (Å²) in [5.41, 5.74) is 0.